The number of methoxy groups -OCH3 is 1. The molecule has 1 atom stereocenters. The molecule has 3 aromatic rings. The summed E-state index contributed by atoms with van der Waals surface area (Å²) in [4.78, 5) is 14.2. The number of thioether (sulfide) groups is 1. The van der Waals surface area contributed by atoms with Crippen LogP contribution >= 0.6 is 23.4 Å². The molecule has 3 aromatic carbocycles. The summed E-state index contributed by atoms with van der Waals surface area (Å²) < 4.78 is 34.1. The highest BCUT2D eigenvalue weighted by Gasteiger charge is 2.31. The highest BCUT2D eigenvalue weighted by Crippen LogP contribution is 2.32. The number of benzene rings is 3. The number of carbonyl (C=O) groups is 1. The first kappa shape index (κ1) is 26.9. The van der Waals surface area contributed by atoms with Crippen molar-refractivity contribution in [1.29, 1.82) is 0 Å². The minimum atomic E-state index is -4.17. The van der Waals surface area contributed by atoms with Gasteiger partial charge in [-0.1, -0.05) is 35.9 Å². The van der Waals surface area contributed by atoms with Gasteiger partial charge in [-0.05, 0) is 80.1 Å². The Kier molecular flexibility index (Phi) is 8.74. The summed E-state index contributed by atoms with van der Waals surface area (Å²) in [5, 5.41) is 3.31. The lowest BCUT2D eigenvalue weighted by Gasteiger charge is -2.26. The second-order valence-corrected chi connectivity index (χ2v) is 11.3. The number of rotatable bonds is 9. The molecule has 0 aliphatic heterocycles. The molecule has 1 amide bonds. The Morgan fingerprint density at radius 3 is 2.37 bits per heavy atom. The monoisotopic (exact) mass is 532 g/mol. The molecule has 0 radical (unpaired) electrons. The first-order valence-corrected chi connectivity index (χ1v) is 14.0. The van der Waals surface area contributed by atoms with E-state index < -0.39 is 22.5 Å². The van der Waals surface area contributed by atoms with Gasteiger partial charge in [-0.25, -0.2) is 8.42 Å². The molecule has 0 unspecified atom stereocenters. The summed E-state index contributed by atoms with van der Waals surface area (Å²) in [6.45, 7) is 5.05. The fraction of sp³-hybridized carbons (Fsp3) is 0.269. The Balaban J connectivity index is 1.96. The third-order valence-corrected chi connectivity index (χ3v) is 8.56. The van der Waals surface area contributed by atoms with Gasteiger partial charge < -0.3 is 10.1 Å². The standard InChI is InChI=1S/C26H29ClN2O4S2/c1-17-6-13-24(33-4)25(14-17)35(31,32)29(21-10-7-18(2)23(27)15-21)16-26(30)28-19(3)20-8-11-22(34-5)12-9-20/h6-15,19H,16H2,1-5H3,(H,28,30)/t19-/m1/s1. The van der Waals surface area contributed by atoms with E-state index in [0.717, 1.165) is 25.9 Å². The zero-order chi connectivity index (χ0) is 25.8. The molecular formula is C26H29ClN2O4S2. The predicted molar refractivity (Wildman–Crippen MR) is 143 cm³/mol. The van der Waals surface area contributed by atoms with Crippen LogP contribution in [0.25, 0.3) is 0 Å². The van der Waals surface area contributed by atoms with E-state index >= 15 is 0 Å². The van der Waals surface area contributed by atoms with Crippen molar-refractivity contribution in [3.05, 3.63) is 82.4 Å². The molecule has 0 aliphatic carbocycles. The van der Waals surface area contributed by atoms with Crippen LogP contribution < -0.4 is 14.4 Å². The number of amides is 1. The Morgan fingerprint density at radius 2 is 1.77 bits per heavy atom. The molecule has 3 rings (SSSR count). The van der Waals surface area contributed by atoms with E-state index in [1.54, 1.807) is 49.0 Å². The molecule has 9 heteroatoms. The number of hydrogen-bond donors (Lipinski definition) is 1. The second-order valence-electron chi connectivity index (χ2n) is 8.16. The maximum Gasteiger partial charge on any atom is 0.268 e. The fourth-order valence-electron chi connectivity index (χ4n) is 3.55. The van der Waals surface area contributed by atoms with Crippen LogP contribution in [0.1, 0.15) is 29.7 Å². The quantitative estimate of drug-likeness (QED) is 0.355. The smallest absolute Gasteiger partial charge is 0.268 e. The van der Waals surface area contributed by atoms with Crippen molar-refractivity contribution in [2.24, 2.45) is 0 Å². The number of carbonyl (C=O) groups excluding carboxylic acids is 1. The van der Waals surface area contributed by atoms with Crippen LogP contribution in [0.15, 0.2) is 70.5 Å². The average Bonchev–Trinajstić information content (AvgIpc) is 2.84. The van der Waals surface area contributed by atoms with E-state index in [-0.39, 0.29) is 22.4 Å². The first-order valence-electron chi connectivity index (χ1n) is 10.9. The number of aryl methyl sites for hydroxylation is 2. The molecule has 0 aliphatic rings. The predicted octanol–water partition coefficient (Wildman–Crippen LogP) is 5.76. The molecule has 1 N–H and O–H groups in total. The molecule has 0 fully saturated rings. The van der Waals surface area contributed by atoms with Crippen molar-refractivity contribution in [3.63, 3.8) is 0 Å². The molecule has 0 bridgehead atoms. The molecule has 186 valence electrons. The lowest BCUT2D eigenvalue weighted by Crippen LogP contribution is -2.41. The largest absolute Gasteiger partial charge is 0.495 e. The van der Waals surface area contributed by atoms with Gasteiger partial charge in [0.1, 0.15) is 17.2 Å². The minimum Gasteiger partial charge on any atom is -0.495 e. The summed E-state index contributed by atoms with van der Waals surface area (Å²) in [6.07, 6.45) is 2.00. The van der Waals surface area contributed by atoms with E-state index in [1.165, 1.54) is 13.2 Å². The highest BCUT2D eigenvalue weighted by atomic mass is 35.5. The first-order chi connectivity index (χ1) is 16.6. The zero-order valence-electron chi connectivity index (χ0n) is 20.3. The number of anilines is 1. The topological polar surface area (TPSA) is 75.7 Å². The van der Waals surface area contributed by atoms with Crippen LogP contribution in [0.2, 0.25) is 5.02 Å². The van der Waals surface area contributed by atoms with E-state index in [2.05, 4.69) is 5.32 Å². The lowest BCUT2D eigenvalue weighted by atomic mass is 10.1. The van der Waals surface area contributed by atoms with E-state index in [1.807, 2.05) is 44.4 Å². The van der Waals surface area contributed by atoms with Crippen molar-refractivity contribution in [1.82, 2.24) is 5.32 Å². The summed E-state index contributed by atoms with van der Waals surface area (Å²) in [5.74, 6) is -0.250. The van der Waals surface area contributed by atoms with Crippen LogP contribution in [-0.4, -0.2) is 34.2 Å². The Hall–Kier alpha value is -2.68. The summed E-state index contributed by atoms with van der Waals surface area (Å²) >= 11 is 7.95. The number of nitrogens with one attached hydrogen (secondary N) is 1. The van der Waals surface area contributed by atoms with Crippen LogP contribution in [0.4, 0.5) is 5.69 Å². The van der Waals surface area contributed by atoms with Crippen molar-refractivity contribution < 1.29 is 17.9 Å². The number of hydrogen-bond acceptors (Lipinski definition) is 5. The molecule has 0 heterocycles. The van der Waals surface area contributed by atoms with Crippen molar-refractivity contribution in [2.45, 2.75) is 36.6 Å². The molecule has 0 spiro atoms. The van der Waals surface area contributed by atoms with Gasteiger partial charge in [-0.2, -0.15) is 0 Å². The molecule has 35 heavy (non-hydrogen) atoms. The number of halogens is 1. The van der Waals surface area contributed by atoms with Crippen molar-refractivity contribution >= 4 is 45.0 Å². The molecular weight excluding hydrogens is 504 g/mol. The maximum absolute atomic E-state index is 13.8. The molecule has 0 saturated carbocycles. The number of nitrogens with zero attached hydrogens (tertiary/aromatic N) is 1. The van der Waals surface area contributed by atoms with Gasteiger partial charge >= 0.3 is 0 Å². The third kappa shape index (κ3) is 6.31. The van der Waals surface area contributed by atoms with E-state index in [0.29, 0.717) is 5.02 Å². The number of sulfonamides is 1. The Bertz CT molecular complexity index is 1310. The third-order valence-electron chi connectivity index (χ3n) is 5.61. The van der Waals surface area contributed by atoms with Gasteiger partial charge in [0.2, 0.25) is 5.91 Å². The summed E-state index contributed by atoms with van der Waals surface area (Å²) in [7, 11) is -2.76. The Labute approximate surface area is 216 Å². The van der Waals surface area contributed by atoms with Gasteiger partial charge in [0, 0.05) is 9.92 Å². The van der Waals surface area contributed by atoms with Crippen LogP contribution in [-0.2, 0) is 14.8 Å². The zero-order valence-corrected chi connectivity index (χ0v) is 22.7. The van der Waals surface area contributed by atoms with E-state index in [9.17, 15) is 13.2 Å². The SMILES string of the molecule is COc1ccc(C)cc1S(=O)(=O)N(CC(=O)N[C@H](C)c1ccc(SC)cc1)c1ccc(C)c(Cl)c1. The van der Waals surface area contributed by atoms with Gasteiger partial charge in [0.25, 0.3) is 10.0 Å². The van der Waals surface area contributed by atoms with Gasteiger partial charge in [0.15, 0.2) is 0 Å². The van der Waals surface area contributed by atoms with Gasteiger partial charge in [-0.15, -0.1) is 11.8 Å². The summed E-state index contributed by atoms with van der Waals surface area (Å²) in [5.41, 5.74) is 2.76. The van der Waals surface area contributed by atoms with Crippen molar-refractivity contribution in [2.75, 3.05) is 24.2 Å². The van der Waals surface area contributed by atoms with Gasteiger partial charge in [-0.3, -0.25) is 9.10 Å². The fourth-order valence-corrected chi connectivity index (χ4v) is 5.79. The Morgan fingerprint density at radius 1 is 1.09 bits per heavy atom. The van der Waals surface area contributed by atoms with E-state index in [4.69, 9.17) is 16.3 Å². The minimum absolute atomic E-state index is 0.0230. The lowest BCUT2D eigenvalue weighted by molar-refractivity contribution is -0.120. The van der Waals surface area contributed by atoms with Crippen LogP contribution in [0.3, 0.4) is 0 Å². The molecule has 0 saturated heterocycles. The van der Waals surface area contributed by atoms with Crippen LogP contribution in [0, 0.1) is 13.8 Å². The highest BCUT2D eigenvalue weighted by molar-refractivity contribution is 7.98. The maximum atomic E-state index is 13.8. The summed E-state index contributed by atoms with van der Waals surface area (Å²) in [6, 6.07) is 17.4. The van der Waals surface area contributed by atoms with Crippen molar-refractivity contribution in [3.8, 4) is 5.75 Å². The average molecular weight is 533 g/mol. The number of ether oxygens (including phenoxy) is 1. The second kappa shape index (κ2) is 11.4. The molecule has 6 nitrogen and oxygen atoms in total. The normalized spacial score (nSPS) is 12.2. The molecule has 0 aromatic heterocycles. The van der Waals surface area contributed by atoms with Crippen LogP contribution in [0.5, 0.6) is 5.75 Å². The van der Waals surface area contributed by atoms with Gasteiger partial charge in [0.05, 0.1) is 18.8 Å².